The van der Waals surface area contributed by atoms with E-state index in [4.69, 9.17) is 9.47 Å². The summed E-state index contributed by atoms with van der Waals surface area (Å²) in [4.78, 5) is 12.8. The molecule has 0 N–H and O–H groups in total. The molecule has 3 nitrogen and oxygen atoms in total. The van der Waals surface area contributed by atoms with Gasteiger partial charge in [0.05, 0.1) is 5.60 Å². The molecule has 3 aliphatic rings. The Kier molecular flexibility index (Phi) is 3.69. The third-order valence-electron chi connectivity index (χ3n) is 5.37. The van der Waals surface area contributed by atoms with Crippen molar-refractivity contribution in [3.05, 3.63) is 0 Å². The van der Waals surface area contributed by atoms with Crippen LogP contribution in [0, 0.1) is 5.92 Å². The first-order valence-electron chi connectivity index (χ1n) is 7.96. The van der Waals surface area contributed by atoms with Crippen molar-refractivity contribution in [2.75, 3.05) is 13.2 Å². The molecule has 2 unspecified atom stereocenters. The lowest BCUT2D eigenvalue weighted by Crippen LogP contribution is -2.48. The lowest BCUT2D eigenvalue weighted by molar-refractivity contribution is -0.157. The van der Waals surface area contributed by atoms with Crippen LogP contribution in [0.25, 0.3) is 0 Å². The molecular formula is C16H26O3. The van der Waals surface area contributed by atoms with E-state index in [1.165, 1.54) is 19.3 Å². The maximum Gasteiger partial charge on any atom is 0.167 e. The van der Waals surface area contributed by atoms with Gasteiger partial charge in [-0.15, -0.1) is 0 Å². The van der Waals surface area contributed by atoms with E-state index in [1.807, 2.05) is 6.92 Å². The van der Waals surface area contributed by atoms with E-state index in [2.05, 4.69) is 0 Å². The topological polar surface area (TPSA) is 35.5 Å². The molecule has 108 valence electrons. The van der Waals surface area contributed by atoms with E-state index in [1.54, 1.807) is 0 Å². The van der Waals surface area contributed by atoms with E-state index in [0.29, 0.717) is 5.78 Å². The van der Waals surface area contributed by atoms with Gasteiger partial charge >= 0.3 is 0 Å². The molecule has 0 bridgehead atoms. The molecule has 3 rings (SSSR count). The molecule has 3 fully saturated rings. The molecule has 2 heterocycles. The zero-order valence-corrected chi connectivity index (χ0v) is 12.1. The third-order valence-corrected chi connectivity index (χ3v) is 5.37. The summed E-state index contributed by atoms with van der Waals surface area (Å²) < 4.78 is 11.8. The molecule has 0 amide bonds. The van der Waals surface area contributed by atoms with Gasteiger partial charge in [0.15, 0.2) is 5.78 Å². The van der Waals surface area contributed by atoms with Crippen LogP contribution >= 0.6 is 0 Å². The van der Waals surface area contributed by atoms with Gasteiger partial charge in [-0.3, -0.25) is 4.79 Å². The van der Waals surface area contributed by atoms with Crippen molar-refractivity contribution < 1.29 is 14.3 Å². The molecule has 1 spiro atoms. The van der Waals surface area contributed by atoms with Crippen LogP contribution in [-0.2, 0) is 14.3 Å². The highest BCUT2D eigenvalue weighted by molar-refractivity contribution is 5.89. The average Bonchev–Trinajstić information content (AvgIpc) is 2.87. The standard InChI is InChI=1S/C16H26O3/c1-15(7-5-10-18-15)14(17)13-6-11-19-16(12-13)8-3-2-4-9-16/h13H,2-12H2,1H3. The highest BCUT2D eigenvalue weighted by atomic mass is 16.5. The Morgan fingerprint density at radius 2 is 1.79 bits per heavy atom. The van der Waals surface area contributed by atoms with E-state index in [0.717, 1.165) is 51.7 Å². The Labute approximate surface area is 116 Å². The summed E-state index contributed by atoms with van der Waals surface area (Å²) >= 11 is 0. The summed E-state index contributed by atoms with van der Waals surface area (Å²) in [5, 5.41) is 0. The second kappa shape index (κ2) is 5.17. The molecule has 3 heteroatoms. The van der Waals surface area contributed by atoms with Crippen LogP contribution in [0.5, 0.6) is 0 Å². The Bertz CT molecular complexity index is 332. The van der Waals surface area contributed by atoms with Gasteiger partial charge in [0.2, 0.25) is 0 Å². The van der Waals surface area contributed by atoms with Crippen LogP contribution in [0.1, 0.15) is 64.7 Å². The normalized spacial score (nSPS) is 38.5. The number of Topliss-reactive ketones (excluding diaryl/α,β-unsaturated/α-hetero) is 1. The van der Waals surface area contributed by atoms with Crippen molar-refractivity contribution in [1.29, 1.82) is 0 Å². The molecule has 0 aromatic rings. The van der Waals surface area contributed by atoms with E-state index in [9.17, 15) is 4.79 Å². The zero-order valence-electron chi connectivity index (χ0n) is 12.1. The van der Waals surface area contributed by atoms with Gasteiger partial charge in [0, 0.05) is 19.1 Å². The lowest BCUT2D eigenvalue weighted by atomic mass is 9.72. The lowest BCUT2D eigenvalue weighted by Gasteiger charge is -2.44. The largest absolute Gasteiger partial charge is 0.375 e. The minimum atomic E-state index is -0.502. The van der Waals surface area contributed by atoms with Crippen molar-refractivity contribution in [3.8, 4) is 0 Å². The monoisotopic (exact) mass is 266 g/mol. The second-order valence-electron chi connectivity index (χ2n) is 6.83. The van der Waals surface area contributed by atoms with Crippen LogP contribution in [0.2, 0.25) is 0 Å². The number of hydrogen-bond acceptors (Lipinski definition) is 3. The highest BCUT2D eigenvalue weighted by Crippen LogP contribution is 2.43. The Morgan fingerprint density at radius 1 is 1.00 bits per heavy atom. The van der Waals surface area contributed by atoms with Crippen LogP contribution in [0.3, 0.4) is 0 Å². The van der Waals surface area contributed by atoms with Crippen molar-refractivity contribution in [2.45, 2.75) is 75.9 Å². The number of ether oxygens (including phenoxy) is 2. The van der Waals surface area contributed by atoms with Gasteiger partial charge in [-0.25, -0.2) is 0 Å². The van der Waals surface area contributed by atoms with Crippen molar-refractivity contribution in [3.63, 3.8) is 0 Å². The van der Waals surface area contributed by atoms with Gasteiger partial charge < -0.3 is 9.47 Å². The fourth-order valence-corrected chi connectivity index (χ4v) is 4.20. The van der Waals surface area contributed by atoms with Crippen LogP contribution in [0.15, 0.2) is 0 Å². The fourth-order valence-electron chi connectivity index (χ4n) is 4.20. The van der Waals surface area contributed by atoms with Gasteiger partial charge in [-0.1, -0.05) is 19.3 Å². The number of carbonyl (C=O) groups excluding carboxylic acids is 1. The van der Waals surface area contributed by atoms with Gasteiger partial charge in [-0.05, 0) is 45.4 Å². The Balaban J connectivity index is 1.69. The summed E-state index contributed by atoms with van der Waals surface area (Å²) in [6.45, 7) is 3.49. The van der Waals surface area contributed by atoms with Gasteiger partial charge in [0.1, 0.15) is 5.60 Å². The molecule has 1 saturated carbocycles. The average molecular weight is 266 g/mol. The van der Waals surface area contributed by atoms with E-state index >= 15 is 0 Å². The van der Waals surface area contributed by atoms with Crippen LogP contribution < -0.4 is 0 Å². The molecule has 0 aromatic heterocycles. The quantitative estimate of drug-likeness (QED) is 0.769. The molecule has 1 aliphatic carbocycles. The summed E-state index contributed by atoms with van der Waals surface area (Å²) in [5.41, 5.74) is -0.482. The first kappa shape index (κ1) is 13.6. The molecule has 2 atom stereocenters. The molecule has 19 heavy (non-hydrogen) atoms. The number of ketones is 1. The summed E-state index contributed by atoms with van der Waals surface area (Å²) in [5.74, 6) is 0.508. The Morgan fingerprint density at radius 3 is 2.47 bits per heavy atom. The first-order valence-corrected chi connectivity index (χ1v) is 7.96. The SMILES string of the molecule is CC1(C(=O)C2CCOC3(CCCCC3)C2)CCCO1. The van der Waals surface area contributed by atoms with Gasteiger partial charge in [-0.2, -0.15) is 0 Å². The number of hydrogen-bond donors (Lipinski definition) is 0. The first-order chi connectivity index (χ1) is 9.14. The second-order valence-corrected chi connectivity index (χ2v) is 6.83. The molecule has 2 saturated heterocycles. The van der Waals surface area contributed by atoms with Crippen LogP contribution in [-0.4, -0.2) is 30.2 Å². The van der Waals surface area contributed by atoms with Gasteiger partial charge in [0.25, 0.3) is 0 Å². The minimum absolute atomic E-state index is 0.0196. The molecular weight excluding hydrogens is 240 g/mol. The highest BCUT2D eigenvalue weighted by Gasteiger charge is 2.46. The van der Waals surface area contributed by atoms with Crippen LogP contribution in [0.4, 0.5) is 0 Å². The number of carbonyl (C=O) groups is 1. The van der Waals surface area contributed by atoms with Crippen molar-refractivity contribution in [1.82, 2.24) is 0 Å². The smallest absolute Gasteiger partial charge is 0.167 e. The van der Waals surface area contributed by atoms with Crippen molar-refractivity contribution in [2.24, 2.45) is 5.92 Å². The van der Waals surface area contributed by atoms with E-state index in [-0.39, 0.29) is 11.5 Å². The van der Waals surface area contributed by atoms with Crippen molar-refractivity contribution >= 4 is 5.78 Å². The summed E-state index contributed by atoms with van der Waals surface area (Å²) in [6.07, 6.45) is 9.88. The third kappa shape index (κ3) is 2.59. The molecule has 2 aliphatic heterocycles. The molecule has 0 radical (unpaired) electrons. The summed E-state index contributed by atoms with van der Waals surface area (Å²) in [6, 6.07) is 0. The predicted molar refractivity (Wildman–Crippen MR) is 73.1 cm³/mol. The minimum Gasteiger partial charge on any atom is -0.375 e. The fraction of sp³-hybridized carbons (Fsp3) is 0.938. The number of rotatable bonds is 2. The maximum absolute atomic E-state index is 12.8. The Hall–Kier alpha value is -0.410. The summed E-state index contributed by atoms with van der Waals surface area (Å²) in [7, 11) is 0. The van der Waals surface area contributed by atoms with E-state index < -0.39 is 5.60 Å². The predicted octanol–water partition coefficient (Wildman–Crippen LogP) is 3.25. The zero-order chi connectivity index (χ0) is 13.3. The maximum atomic E-state index is 12.8. The molecule has 0 aromatic carbocycles.